The molecule has 2 aliphatic heterocycles. The number of benzene rings is 1. The molecule has 2 fully saturated rings. The monoisotopic (exact) mass is 436 g/mol. The molecule has 3 rings (SSSR count). The first-order valence-corrected chi connectivity index (χ1v) is 11.9. The van der Waals surface area contributed by atoms with Crippen molar-refractivity contribution in [1.29, 1.82) is 0 Å². The van der Waals surface area contributed by atoms with Crippen molar-refractivity contribution in [2.75, 3.05) is 26.2 Å². The molecule has 0 aromatic heterocycles. The molecule has 0 bridgehead atoms. The van der Waals surface area contributed by atoms with Crippen molar-refractivity contribution >= 4 is 21.9 Å². The standard InChI is InChI=1S/C22H32N2O5S/c1-16-6-7-17(2)19(14-16)30(27,28)24-12-9-22(10-13-24)8-11-23(15-22)20(26)21(4,5)29-18(3)25/h6-7,14H,8-13,15H2,1-5H3. The Morgan fingerprint density at radius 2 is 1.67 bits per heavy atom. The number of hydrogen-bond donors (Lipinski definition) is 0. The van der Waals surface area contributed by atoms with Crippen molar-refractivity contribution < 1.29 is 22.7 Å². The minimum atomic E-state index is -3.53. The average molecular weight is 437 g/mol. The minimum absolute atomic E-state index is 0.0738. The molecule has 0 radical (unpaired) electrons. The van der Waals surface area contributed by atoms with Gasteiger partial charge < -0.3 is 9.64 Å². The summed E-state index contributed by atoms with van der Waals surface area (Å²) >= 11 is 0. The quantitative estimate of drug-likeness (QED) is 0.678. The third-order valence-corrected chi connectivity index (χ3v) is 8.42. The fourth-order valence-corrected chi connectivity index (χ4v) is 6.38. The molecule has 2 aliphatic rings. The van der Waals surface area contributed by atoms with Gasteiger partial charge in [-0.2, -0.15) is 4.31 Å². The van der Waals surface area contributed by atoms with Gasteiger partial charge in [0.2, 0.25) is 10.0 Å². The summed E-state index contributed by atoms with van der Waals surface area (Å²) in [5.74, 6) is -0.674. The van der Waals surface area contributed by atoms with E-state index in [1.54, 1.807) is 29.1 Å². The lowest BCUT2D eigenvalue weighted by Crippen LogP contribution is -2.49. The molecule has 2 saturated heterocycles. The molecule has 1 aromatic rings. The van der Waals surface area contributed by atoms with Crippen LogP contribution >= 0.6 is 0 Å². The first-order valence-electron chi connectivity index (χ1n) is 10.4. The summed E-state index contributed by atoms with van der Waals surface area (Å²) in [6.45, 7) is 10.3. The summed E-state index contributed by atoms with van der Waals surface area (Å²) in [6.07, 6.45) is 2.27. The van der Waals surface area contributed by atoms with Crippen LogP contribution in [-0.4, -0.2) is 61.3 Å². The number of nitrogens with zero attached hydrogens (tertiary/aromatic N) is 2. The second kappa shape index (κ2) is 7.96. The highest BCUT2D eigenvalue weighted by Gasteiger charge is 2.47. The maximum absolute atomic E-state index is 13.2. The number of aryl methyl sites for hydroxylation is 2. The number of esters is 1. The van der Waals surface area contributed by atoms with Crippen molar-refractivity contribution in [1.82, 2.24) is 9.21 Å². The fraction of sp³-hybridized carbons (Fsp3) is 0.636. The molecule has 0 N–H and O–H groups in total. The first kappa shape index (κ1) is 22.7. The van der Waals surface area contributed by atoms with E-state index in [2.05, 4.69) is 0 Å². The van der Waals surface area contributed by atoms with Gasteiger partial charge in [0, 0.05) is 33.1 Å². The van der Waals surface area contributed by atoms with Crippen LogP contribution < -0.4 is 0 Å². The van der Waals surface area contributed by atoms with Crippen LogP contribution in [0, 0.1) is 19.3 Å². The highest BCUT2D eigenvalue weighted by Crippen LogP contribution is 2.42. The summed E-state index contributed by atoms with van der Waals surface area (Å²) in [7, 11) is -3.53. The van der Waals surface area contributed by atoms with Gasteiger partial charge in [-0.05, 0) is 69.6 Å². The molecule has 166 valence electrons. The zero-order chi connectivity index (χ0) is 22.3. The van der Waals surface area contributed by atoms with E-state index in [0.717, 1.165) is 30.4 Å². The number of carbonyl (C=O) groups is 2. The molecule has 2 heterocycles. The third kappa shape index (κ3) is 4.39. The van der Waals surface area contributed by atoms with Crippen LogP contribution in [0.25, 0.3) is 0 Å². The fourth-order valence-electron chi connectivity index (χ4n) is 4.63. The third-order valence-electron chi connectivity index (χ3n) is 6.38. The molecular weight excluding hydrogens is 404 g/mol. The van der Waals surface area contributed by atoms with E-state index in [1.807, 2.05) is 26.0 Å². The number of piperidine rings is 1. The van der Waals surface area contributed by atoms with Gasteiger partial charge in [-0.15, -0.1) is 0 Å². The second-order valence-electron chi connectivity index (χ2n) is 9.25. The van der Waals surface area contributed by atoms with Crippen LogP contribution in [0.1, 0.15) is 51.2 Å². The predicted molar refractivity (Wildman–Crippen MR) is 113 cm³/mol. The second-order valence-corrected chi connectivity index (χ2v) is 11.2. The number of amides is 1. The normalized spacial score (nSPS) is 19.8. The van der Waals surface area contributed by atoms with E-state index >= 15 is 0 Å². The van der Waals surface area contributed by atoms with Crippen LogP contribution in [0.5, 0.6) is 0 Å². The molecule has 1 aromatic carbocycles. The van der Waals surface area contributed by atoms with Crippen molar-refractivity contribution in [2.24, 2.45) is 5.41 Å². The zero-order valence-electron chi connectivity index (χ0n) is 18.5. The maximum Gasteiger partial charge on any atom is 0.303 e. The van der Waals surface area contributed by atoms with Gasteiger partial charge in [0.15, 0.2) is 5.60 Å². The number of rotatable bonds is 4. The summed E-state index contributed by atoms with van der Waals surface area (Å²) in [5, 5.41) is 0. The molecular formula is C22H32N2O5S. The van der Waals surface area contributed by atoms with Gasteiger partial charge in [-0.25, -0.2) is 8.42 Å². The van der Waals surface area contributed by atoms with Crippen LogP contribution in [0.3, 0.4) is 0 Å². The SMILES string of the molecule is CC(=O)OC(C)(C)C(=O)N1CCC2(CCN(S(=O)(=O)c3cc(C)ccc3C)CC2)C1. The Morgan fingerprint density at radius 1 is 1.07 bits per heavy atom. The van der Waals surface area contributed by atoms with Gasteiger partial charge in [-0.3, -0.25) is 9.59 Å². The van der Waals surface area contributed by atoms with Gasteiger partial charge in [0.1, 0.15) is 0 Å². The van der Waals surface area contributed by atoms with Gasteiger partial charge >= 0.3 is 5.97 Å². The van der Waals surface area contributed by atoms with Crippen LogP contribution in [-0.2, 0) is 24.3 Å². The molecule has 1 amide bonds. The number of likely N-dealkylation sites (tertiary alicyclic amines) is 1. The Kier molecular flexibility index (Phi) is 6.04. The molecule has 1 spiro atoms. The molecule has 0 saturated carbocycles. The number of carbonyl (C=O) groups excluding carboxylic acids is 2. The Labute approximate surface area is 179 Å². The molecule has 0 unspecified atom stereocenters. The summed E-state index contributed by atoms with van der Waals surface area (Å²) in [4.78, 5) is 26.3. The van der Waals surface area contributed by atoms with E-state index in [0.29, 0.717) is 31.1 Å². The summed E-state index contributed by atoms with van der Waals surface area (Å²) < 4.78 is 33.1. The van der Waals surface area contributed by atoms with E-state index < -0.39 is 21.6 Å². The predicted octanol–water partition coefficient (Wildman–Crippen LogP) is 2.65. The first-order chi connectivity index (χ1) is 13.9. The number of ether oxygens (including phenoxy) is 1. The molecule has 7 nitrogen and oxygen atoms in total. The van der Waals surface area contributed by atoms with E-state index in [-0.39, 0.29) is 11.3 Å². The largest absolute Gasteiger partial charge is 0.450 e. The highest BCUT2D eigenvalue weighted by molar-refractivity contribution is 7.89. The Balaban J connectivity index is 1.68. The van der Waals surface area contributed by atoms with E-state index in [1.165, 1.54) is 6.92 Å². The smallest absolute Gasteiger partial charge is 0.303 e. The summed E-state index contributed by atoms with van der Waals surface area (Å²) in [6, 6.07) is 5.50. The minimum Gasteiger partial charge on any atom is -0.450 e. The molecule has 8 heteroatoms. The number of sulfonamides is 1. The Morgan fingerprint density at radius 3 is 2.27 bits per heavy atom. The molecule has 0 atom stereocenters. The van der Waals surface area contributed by atoms with Crippen LogP contribution in [0.4, 0.5) is 0 Å². The highest BCUT2D eigenvalue weighted by atomic mass is 32.2. The van der Waals surface area contributed by atoms with Crippen molar-refractivity contribution in [2.45, 2.75) is 64.4 Å². The topological polar surface area (TPSA) is 84.0 Å². The van der Waals surface area contributed by atoms with Gasteiger partial charge in [0.05, 0.1) is 4.90 Å². The zero-order valence-corrected chi connectivity index (χ0v) is 19.3. The number of hydrogen-bond acceptors (Lipinski definition) is 5. The Hall–Kier alpha value is -1.93. The average Bonchev–Trinajstić information content (AvgIpc) is 3.05. The van der Waals surface area contributed by atoms with Crippen molar-refractivity contribution in [3.8, 4) is 0 Å². The Bertz CT molecular complexity index is 946. The van der Waals surface area contributed by atoms with Gasteiger partial charge in [-0.1, -0.05) is 12.1 Å². The van der Waals surface area contributed by atoms with Gasteiger partial charge in [0.25, 0.3) is 5.91 Å². The molecule has 0 aliphatic carbocycles. The van der Waals surface area contributed by atoms with Crippen molar-refractivity contribution in [3.05, 3.63) is 29.3 Å². The lowest BCUT2D eigenvalue weighted by molar-refractivity contribution is -0.168. The van der Waals surface area contributed by atoms with E-state index in [4.69, 9.17) is 4.74 Å². The lowest BCUT2D eigenvalue weighted by Gasteiger charge is -2.39. The maximum atomic E-state index is 13.2. The summed E-state index contributed by atoms with van der Waals surface area (Å²) in [5.41, 5.74) is 0.416. The molecule has 30 heavy (non-hydrogen) atoms. The van der Waals surface area contributed by atoms with Crippen molar-refractivity contribution in [3.63, 3.8) is 0 Å². The van der Waals surface area contributed by atoms with Crippen LogP contribution in [0.15, 0.2) is 23.1 Å². The van der Waals surface area contributed by atoms with E-state index in [9.17, 15) is 18.0 Å². The lowest BCUT2D eigenvalue weighted by atomic mass is 9.78. The van der Waals surface area contributed by atoms with Crippen LogP contribution in [0.2, 0.25) is 0 Å².